The van der Waals surface area contributed by atoms with Crippen molar-refractivity contribution in [3.8, 4) is 0 Å². The summed E-state index contributed by atoms with van der Waals surface area (Å²) in [5.41, 5.74) is 0.0225. The number of nitrogens with one attached hydrogen (secondary N) is 1. The number of nitro groups is 1. The molecule has 1 aromatic carbocycles. The first-order chi connectivity index (χ1) is 11.0. The van der Waals surface area contributed by atoms with E-state index in [0.717, 1.165) is 13.0 Å². The standard InChI is InChI=1S/C15H19N3O5/c19-14(16-12-5-1-2-6-13(12)18(22)23)7-9-17-8-3-4-11(10-17)15(20)21/h1-2,5-6,11H,3-4,7-10H2,(H,16,19)(H,20,21). The Labute approximate surface area is 133 Å². The summed E-state index contributed by atoms with van der Waals surface area (Å²) in [5.74, 6) is -1.52. The number of nitrogens with zero attached hydrogens (tertiary/aromatic N) is 2. The molecule has 0 aromatic heterocycles. The normalized spacial score (nSPS) is 18.3. The monoisotopic (exact) mass is 321 g/mol. The summed E-state index contributed by atoms with van der Waals surface area (Å²) < 4.78 is 0. The zero-order valence-corrected chi connectivity index (χ0v) is 12.6. The van der Waals surface area contributed by atoms with Crippen LogP contribution in [0, 0.1) is 16.0 Å². The molecule has 2 N–H and O–H groups in total. The lowest BCUT2D eigenvalue weighted by Gasteiger charge is -2.30. The van der Waals surface area contributed by atoms with Gasteiger partial charge in [0.1, 0.15) is 5.69 Å². The van der Waals surface area contributed by atoms with Gasteiger partial charge in [0.15, 0.2) is 0 Å². The fraction of sp³-hybridized carbons (Fsp3) is 0.467. The number of piperidine rings is 1. The average Bonchev–Trinajstić information content (AvgIpc) is 2.53. The van der Waals surface area contributed by atoms with E-state index in [1.807, 2.05) is 4.90 Å². The van der Waals surface area contributed by atoms with Crippen molar-refractivity contribution in [2.24, 2.45) is 5.92 Å². The molecule has 2 rings (SSSR count). The van der Waals surface area contributed by atoms with Gasteiger partial charge in [0.25, 0.3) is 5.69 Å². The molecule has 1 aromatic rings. The van der Waals surface area contributed by atoms with E-state index in [1.165, 1.54) is 18.2 Å². The molecular weight excluding hydrogens is 302 g/mol. The SMILES string of the molecule is O=C(CCN1CCCC(C(=O)O)C1)Nc1ccccc1[N+](=O)[O-]. The zero-order chi connectivity index (χ0) is 16.8. The Kier molecular flexibility index (Phi) is 5.64. The van der Waals surface area contributed by atoms with Crippen molar-refractivity contribution < 1.29 is 19.6 Å². The number of carbonyl (C=O) groups is 2. The third-order valence-corrected chi connectivity index (χ3v) is 3.88. The molecule has 0 saturated carbocycles. The molecular formula is C15H19N3O5. The summed E-state index contributed by atoms with van der Waals surface area (Å²) in [7, 11) is 0. The van der Waals surface area contributed by atoms with Crippen molar-refractivity contribution in [1.82, 2.24) is 4.90 Å². The number of hydrogen-bond acceptors (Lipinski definition) is 5. The number of nitro benzene ring substituents is 1. The van der Waals surface area contributed by atoms with Gasteiger partial charge in [-0.15, -0.1) is 0 Å². The van der Waals surface area contributed by atoms with E-state index in [2.05, 4.69) is 5.32 Å². The maximum atomic E-state index is 12.0. The highest BCUT2D eigenvalue weighted by Gasteiger charge is 2.25. The number of rotatable bonds is 6. The van der Waals surface area contributed by atoms with Crippen LogP contribution in [0.1, 0.15) is 19.3 Å². The maximum absolute atomic E-state index is 12.0. The Morgan fingerprint density at radius 3 is 2.83 bits per heavy atom. The van der Waals surface area contributed by atoms with Gasteiger partial charge >= 0.3 is 5.97 Å². The molecule has 1 atom stereocenters. The van der Waals surface area contributed by atoms with Gasteiger partial charge in [-0.25, -0.2) is 0 Å². The van der Waals surface area contributed by atoms with E-state index in [9.17, 15) is 19.7 Å². The third kappa shape index (κ3) is 4.75. The van der Waals surface area contributed by atoms with E-state index in [1.54, 1.807) is 6.07 Å². The van der Waals surface area contributed by atoms with E-state index in [-0.39, 0.29) is 29.6 Å². The summed E-state index contributed by atoms with van der Waals surface area (Å²) in [5, 5.41) is 22.5. The molecule has 0 aliphatic carbocycles. The number of para-hydroxylation sites is 2. The number of carbonyl (C=O) groups excluding carboxylic acids is 1. The summed E-state index contributed by atoms with van der Waals surface area (Å²) in [4.78, 5) is 35.3. The fourth-order valence-electron chi connectivity index (χ4n) is 2.67. The number of anilines is 1. The van der Waals surface area contributed by atoms with Crippen molar-refractivity contribution >= 4 is 23.3 Å². The van der Waals surface area contributed by atoms with Crippen LogP contribution in [0.2, 0.25) is 0 Å². The molecule has 1 saturated heterocycles. The first-order valence-electron chi connectivity index (χ1n) is 7.46. The van der Waals surface area contributed by atoms with Crippen LogP contribution in [-0.2, 0) is 9.59 Å². The van der Waals surface area contributed by atoms with Crippen molar-refractivity contribution in [3.63, 3.8) is 0 Å². The van der Waals surface area contributed by atoms with E-state index in [4.69, 9.17) is 5.11 Å². The number of likely N-dealkylation sites (tertiary alicyclic amines) is 1. The second kappa shape index (κ2) is 7.68. The Balaban J connectivity index is 1.86. The van der Waals surface area contributed by atoms with Gasteiger partial charge in [-0.05, 0) is 25.5 Å². The van der Waals surface area contributed by atoms with Crippen LogP contribution in [-0.4, -0.2) is 46.4 Å². The summed E-state index contributed by atoms with van der Waals surface area (Å²) in [6.07, 6.45) is 1.62. The molecule has 124 valence electrons. The molecule has 1 aliphatic heterocycles. The van der Waals surface area contributed by atoms with Crippen molar-refractivity contribution in [2.45, 2.75) is 19.3 Å². The minimum absolute atomic E-state index is 0.148. The lowest BCUT2D eigenvalue weighted by molar-refractivity contribution is -0.383. The van der Waals surface area contributed by atoms with Gasteiger partial charge in [0.2, 0.25) is 5.91 Å². The van der Waals surface area contributed by atoms with Crippen LogP contribution < -0.4 is 5.32 Å². The number of carboxylic acids is 1. The Morgan fingerprint density at radius 1 is 1.39 bits per heavy atom. The highest BCUT2D eigenvalue weighted by atomic mass is 16.6. The summed E-state index contributed by atoms with van der Waals surface area (Å²) in [6, 6.07) is 5.97. The number of carboxylic acid groups (broad SMARTS) is 1. The van der Waals surface area contributed by atoms with E-state index in [0.29, 0.717) is 19.5 Å². The number of aliphatic carboxylic acids is 1. The zero-order valence-electron chi connectivity index (χ0n) is 12.6. The quantitative estimate of drug-likeness (QED) is 0.609. The van der Waals surface area contributed by atoms with Crippen molar-refractivity contribution in [2.75, 3.05) is 25.0 Å². The Morgan fingerprint density at radius 2 is 2.13 bits per heavy atom. The summed E-state index contributed by atoms with van der Waals surface area (Å²) in [6.45, 7) is 1.65. The fourth-order valence-corrected chi connectivity index (χ4v) is 2.67. The van der Waals surface area contributed by atoms with Crippen molar-refractivity contribution in [1.29, 1.82) is 0 Å². The van der Waals surface area contributed by atoms with Gasteiger partial charge in [0, 0.05) is 25.6 Å². The predicted molar refractivity (Wildman–Crippen MR) is 83.1 cm³/mol. The van der Waals surface area contributed by atoms with E-state index < -0.39 is 10.9 Å². The molecule has 1 unspecified atom stereocenters. The van der Waals surface area contributed by atoms with Crippen LogP contribution >= 0.6 is 0 Å². The predicted octanol–water partition coefficient (Wildman–Crippen LogP) is 1.72. The topological polar surface area (TPSA) is 113 Å². The minimum Gasteiger partial charge on any atom is -0.481 e. The first kappa shape index (κ1) is 16.9. The molecule has 1 aliphatic rings. The lowest BCUT2D eigenvalue weighted by Crippen LogP contribution is -2.40. The van der Waals surface area contributed by atoms with Gasteiger partial charge in [-0.3, -0.25) is 19.7 Å². The second-order valence-electron chi connectivity index (χ2n) is 5.55. The second-order valence-corrected chi connectivity index (χ2v) is 5.55. The maximum Gasteiger partial charge on any atom is 0.307 e. The first-order valence-corrected chi connectivity index (χ1v) is 7.46. The molecule has 0 radical (unpaired) electrons. The van der Waals surface area contributed by atoms with Gasteiger partial charge in [0.05, 0.1) is 10.8 Å². The van der Waals surface area contributed by atoms with Gasteiger partial charge in [-0.1, -0.05) is 12.1 Å². The Bertz CT molecular complexity index is 605. The Hall–Kier alpha value is -2.48. The van der Waals surface area contributed by atoms with E-state index >= 15 is 0 Å². The van der Waals surface area contributed by atoms with Crippen LogP contribution in [0.4, 0.5) is 11.4 Å². The van der Waals surface area contributed by atoms with Crippen LogP contribution in [0.25, 0.3) is 0 Å². The highest BCUT2D eigenvalue weighted by Crippen LogP contribution is 2.23. The molecule has 1 heterocycles. The molecule has 8 heteroatoms. The molecule has 1 amide bonds. The number of benzene rings is 1. The molecule has 8 nitrogen and oxygen atoms in total. The highest BCUT2D eigenvalue weighted by molar-refractivity contribution is 5.93. The molecule has 0 spiro atoms. The molecule has 1 fully saturated rings. The largest absolute Gasteiger partial charge is 0.481 e. The molecule has 0 bridgehead atoms. The van der Waals surface area contributed by atoms with Gasteiger partial charge < -0.3 is 15.3 Å². The van der Waals surface area contributed by atoms with Crippen LogP contribution in [0.3, 0.4) is 0 Å². The minimum atomic E-state index is -0.806. The van der Waals surface area contributed by atoms with Crippen LogP contribution in [0.15, 0.2) is 24.3 Å². The lowest BCUT2D eigenvalue weighted by atomic mass is 9.98. The van der Waals surface area contributed by atoms with Gasteiger partial charge in [-0.2, -0.15) is 0 Å². The number of amides is 1. The third-order valence-electron chi connectivity index (χ3n) is 3.88. The van der Waals surface area contributed by atoms with Crippen molar-refractivity contribution in [3.05, 3.63) is 34.4 Å². The average molecular weight is 321 g/mol. The van der Waals surface area contributed by atoms with Crippen LogP contribution in [0.5, 0.6) is 0 Å². The smallest absolute Gasteiger partial charge is 0.307 e. The number of hydrogen-bond donors (Lipinski definition) is 2. The molecule has 23 heavy (non-hydrogen) atoms. The summed E-state index contributed by atoms with van der Waals surface area (Å²) >= 11 is 0.